The van der Waals surface area contributed by atoms with Crippen LogP contribution in [-0.4, -0.2) is 27.6 Å². The Hall–Kier alpha value is -4.01. The van der Waals surface area contributed by atoms with Crippen LogP contribution >= 0.6 is 0 Å². The van der Waals surface area contributed by atoms with Gasteiger partial charge in [-0.1, -0.05) is 50.2 Å². The molecule has 4 rings (SSSR count). The number of benzene rings is 3. The number of ether oxygens (including phenoxy) is 2. The third-order valence-electron chi connectivity index (χ3n) is 6.80. The van der Waals surface area contributed by atoms with E-state index in [1.165, 1.54) is 12.1 Å². The van der Waals surface area contributed by atoms with Gasteiger partial charge in [-0.3, -0.25) is 10.00 Å². The number of amides is 1. The normalized spacial score (nSPS) is 14.4. The summed E-state index contributed by atoms with van der Waals surface area (Å²) in [5.74, 6) is 0.642. The molecule has 0 aliphatic carbocycles. The molecule has 40 heavy (non-hydrogen) atoms. The van der Waals surface area contributed by atoms with Crippen molar-refractivity contribution in [3.8, 4) is 5.75 Å². The van der Waals surface area contributed by atoms with E-state index < -0.39 is 35.1 Å². The average Bonchev–Trinajstić information content (AvgIpc) is 3.34. The standard InChI is InChI=1S/C31H34F3N3O3/c1-6-27(39-23-12-9-8-10-13-23)30(7-2,21-16-18-22(19-17-21)31(32,33)34)37-26-15-11-14-25(24(26)20-35-37)36-28(38)40-29(3,4)5/h8-20,27H,6-7H2,1-5H3,(H,36,38). The molecule has 0 spiro atoms. The lowest BCUT2D eigenvalue weighted by Crippen LogP contribution is -2.49. The summed E-state index contributed by atoms with van der Waals surface area (Å²) in [6.45, 7) is 9.28. The number of hydrogen-bond acceptors (Lipinski definition) is 4. The molecule has 1 N–H and O–H groups in total. The van der Waals surface area contributed by atoms with Crippen molar-refractivity contribution in [2.75, 3.05) is 5.32 Å². The van der Waals surface area contributed by atoms with Crippen molar-refractivity contribution in [2.24, 2.45) is 0 Å². The molecule has 2 atom stereocenters. The van der Waals surface area contributed by atoms with Crippen LogP contribution in [0.25, 0.3) is 10.9 Å². The van der Waals surface area contributed by atoms with Crippen molar-refractivity contribution < 1.29 is 27.4 Å². The molecule has 0 aliphatic heterocycles. The molecule has 1 aromatic heterocycles. The molecular weight excluding hydrogens is 519 g/mol. The van der Waals surface area contributed by atoms with E-state index in [0.29, 0.717) is 40.7 Å². The number of hydrogen-bond donors (Lipinski definition) is 1. The summed E-state index contributed by atoms with van der Waals surface area (Å²) >= 11 is 0. The fourth-order valence-electron chi connectivity index (χ4n) is 5.05. The molecule has 6 nitrogen and oxygen atoms in total. The van der Waals surface area contributed by atoms with Crippen molar-refractivity contribution in [3.63, 3.8) is 0 Å². The summed E-state index contributed by atoms with van der Waals surface area (Å²) in [6.07, 6.45) is -2.91. The molecule has 0 saturated carbocycles. The highest BCUT2D eigenvalue weighted by molar-refractivity contribution is 5.99. The zero-order chi connectivity index (χ0) is 29.1. The van der Waals surface area contributed by atoms with Crippen LogP contribution in [0.1, 0.15) is 58.6 Å². The van der Waals surface area contributed by atoms with Crippen LogP contribution in [0.2, 0.25) is 0 Å². The van der Waals surface area contributed by atoms with Crippen molar-refractivity contribution in [2.45, 2.75) is 70.9 Å². The molecule has 2 unspecified atom stereocenters. The molecule has 0 saturated heterocycles. The van der Waals surface area contributed by atoms with Crippen LogP contribution in [-0.2, 0) is 16.5 Å². The van der Waals surface area contributed by atoms with Gasteiger partial charge in [0.1, 0.15) is 23.0 Å². The monoisotopic (exact) mass is 553 g/mol. The van der Waals surface area contributed by atoms with Gasteiger partial charge in [0.15, 0.2) is 0 Å². The minimum absolute atomic E-state index is 0.463. The van der Waals surface area contributed by atoms with Crippen LogP contribution < -0.4 is 10.1 Å². The van der Waals surface area contributed by atoms with Gasteiger partial charge < -0.3 is 9.47 Å². The number of anilines is 1. The smallest absolute Gasteiger partial charge is 0.416 e. The van der Waals surface area contributed by atoms with Gasteiger partial charge in [-0.15, -0.1) is 0 Å². The lowest BCUT2D eigenvalue weighted by atomic mass is 9.80. The zero-order valence-electron chi connectivity index (χ0n) is 23.3. The maximum absolute atomic E-state index is 13.5. The second-order valence-electron chi connectivity index (χ2n) is 10.6. The van der Waals surface area contributed by atoms with E-state index in [-0.39, 0.29) is 0 Å². The van der Waals surface area contributed by atoms with Crippen molar-refractivity contribution in [3.05, 3.63) is 90.1 Å². The summed E-state index contributed by atoms with van der Waals surface area (Å²) in [4.78, 5) is 12.6. The Balaban J connectivity index is 1.88. The topological polar surface area (TPSA) is 65.4 Å². The minimum atomic E-state index is -4.46. The number of para-hydroxylation sites is 1. The molecule has 0 fully saturated rings. The highest BCUT2D eigenvalue weighted by Gasteiger charge is 2.44. The van der Waals surface area contributed by atoms with Gasteiger partial charge in [-0.2, -0.15) is 18.3 Å². The Morgan fingerprint density at radius 2 is 1.57 bits per heavy atom. The van der Waals surface area contributed by atoms with Gasteiger partial charge >= 0.3 is 12.3 Å². The number of carbonyl (C=O) groups excluding carboxylic acids is 1. The Morgan fingerprint density at radius 1 is 0.925 bits per heavy atom. The summed E-state index contributed by atoms with van der Waals surface area (Å²) in [5.41, 5.74) is -0.571. The van der Waals surface area contributed by atoms with Crippen LogP contribution in [0.4, 0.5) is 23.7 Å². The van der Waals surface area contributed by atoms with E-state index >= 15 is 0 Å². The van der Waals surface area contributed by atoms with E-state index in [1.54, 1.807) is 39.1 Å². The number of carbonyl (C=O) groups is 1. The van der Waals surface area contributed by atoms with E-state index in [9.17, 15) is 18.0 Å². The molecule has 1 amide bonds. The first-order valence-electron chi connectivity index (χ1n) is 13.3. The van der Waals surface area contributed by atoms with Crippen molar-refractivity contribution >= 4 is 22.7 Å². The van der Waals surface area contributed by atoms with Crippen molar-refractivity contribution in [1.29, 1.82) is 0 Å². The Labute approximate surface area is 232 Å². The van der Waals surface area contributed by atoms with Gasteiger partial charge in [0.2, 0.25) is 0 Å². The molecule has 1 heterocycles. The van der Waals surface area contributed by atoms with Gasteiger partial charge in [-0.25, -0.2) is 4.79 Å². The summed E-state index contributed by atoms with van der Waals surface area (Å²) < 4.78 is 54.1. The van der Waals surface area contributed by atoms with E-state index in [0.717, 1.165) is 12.1 Å². The van der Waals surface area contributed by atoms with Gasteiger partial charge in [0.25, 0.3) is 0 Å². The average molecular weight is 554 g/mol. The molecule has 0 aliphatic rings. The Morgan fingerprint density at radius 3 is 2.15 bits per heavy atom. The highest BCUT2D eigenvalue weighted by atomic mass is 19.4. The van der Waals surface area contributed by atoms with Crippen LogP contribution in [0.3, 0.4) is 0 Å². The lowest BCUT2D eigenvalue weighted by Gasteiger charge is -2.41. The second-order valence-corrected chi connectivity index (χ2v) is 10.6. The first-order valence-corrected chi connectivity index (χ1v) is 13.3. The molecule has 4 aromatic rings. The van der Waals surface area contributed by atoms with Gasteiger partial charge in [-0.05, 0) is 75.6 Å². The predicted octanol–water partition coefficient (Wildman–Crippen LogP) is 8.41. The van der Waals surface area contributed by atoms with E-state index in [4.69, 9.17) is 14.6 Å². The molecular formula is C31H34F3N3O3. The van der Waals surface area contributed by atoms with Crippen LogP contribution in [0.5, 0.6) is 5.75 Å². The maximum Gasteiger partial charge on any atom is 0.416 e. The van der Waals surface area contributed by atoms with E-state index in [2.05, 4.69) is 5.32 Å². The number of alkyl halides is 3. The minimum Gasteiger partial charge on any atom is -0.488 e. The maximum atomic E-state index is 13.5. The highest BCUT2D eigenvalue weighted by Crippen LogP contribution is 2.41. The van der Waals surface area contributed by atoms with E-state index in [1.807, 2.05) is 54.9 Å². The number of fused-ring (bicyclic) bond motifs is 1. The number of rotatable bonds is 8. The fourth-order valence-corrected chi connectivity index (χ4v) is 5.05. The first kappa shape index (κ1) is 29.0. The van der Waals surface area contributed by atoms with Crippen LogP contribution in [0.15, 0.2) is 79.0 Å². The molecule has 3 aromatic carbocycles. The van der Waals surface area contributed by atoms with Gasteiger partial charge in [0.05, 0.1) is 23.0 Å². The van der Waals surface area contributed by atoms with Crippen molar-refractivity contribution in [1.82, 2.24) is 9.78 Å². The molecule has 212 valence electrons. The molecule has 0 bridgehead atoms. The number of nitrogens with zero attached hydrogens (tertiary/aromatic N) is 2. The Kier molecular flexibility index (Phi) is 8.14. The summed E-state index contributed by atoms with van der Waals surface area (Å²) in [6, 6.07) is 19.9. The fraction of sp³-hybridized carbons (Fsp3) is 0.355. The summed E-state index contributed by atoms with van der Waals surface area (Å²) in [5, 5.41) is 8.22. The third-order valence-corrected chi connectivity index (χ3v) is 6.80. The number of halogens is 3. The predicted molar refractivity (Wildman–Crippen MR) is 150 cm³/mol. The van der Waals surface area contributed by atoms with Crippen LogP contribution in [0, 0.1) is 0 Å². The number of nitrogens with one attached hydrogen (secondary N) is 1. The SMILES string of the molecule is CCC(Oc1ccccc1)C(CC)(c1ccc(C(F)(F)F)cc1)n1ncc2c(NC(=O)OC(C)(C)C)cccc21. The Bertz CT molecular complexity index is 1440. The quantitative estimate of drug-likeness (QED) is 0.238. The number of aromatic nitrogens is 2. The molecule has 0 radical (unpaired) electrons. The lowest BCUT2D eigenvalue weighted by molar-refractivity contribution is -0.137. The second kappa shape index (κ2) is 11.2. The largest absolute Gasteiger partial charge is 0.488 e. The third kappa shape index (κ3) is 5.93. The molecule has 9 heteroatoms. The zero-order valence-corrected chi connectivity index (χ0v) is 23.3. The van der Waals surface area contributed by atoms with Gasteiger partial charge in [0, 0.05) is 5.39 Å². The summed E-state index contributed by atoms with van der Waals surface area (Å²) in [7, 11) is 0. The first-order chi connectivity index (χ1) is 18.9.